The Hall–Kier alpha value is -2.48. The van der Waals surface area contributed by atoms with Gasteiger partial charge in [-0.25, -0.2) is 0 Å². The molecule has 0 aliphatic carbocycles. The molecule has 0 unspecified atom stereocenters. The standard InChI is InChI=1S/C25H30O2.2C2H6/c1-7-26-19(4)22-10-8-20(15-18(22)3)14-17(2)21-9-11-24-23(16-21)25(5,6)12-13-27-24;2*1-2/h8-11,14-16H,4,7,12-13H2,1-3,5-6H3;2*1-2H3/b17-14+;;. The Kier molecular flexibility index (Phi) is 10.6. The first-order chi connectivity index (χ1) is 14.8. The molecule has 0 fully saturated rings. The van der Waals surface area contributed by atoms with Crippen LogP contribution in [0.25, 0.3) is 17.4 Å². The van der Waals surface area contributed by atoms with Crippen LogP contribution in [0.4, 0.5) is 0 Å². The zero-order valence-corrected chi connectivity index (χ0v) is 21.2. The molecule has 2 aromatic carbocycles. The SMILES string of the molecule is C=C(OCC)c1ccc(/C=C(\C)c2ccc3c(c2)C(C)(C)CCO3)cc1C.CC.CC. The van der Waals surface area contributed by atoms with Crippen molar-refractivity contribution < 1.29 is 9.47 Å². The summed E-state index contributed by atoms with van der Waals surface area (Å²) in [5, 5.41) is 0. The maximum absolute atomic E-state index is 5.84. The van der Waals surface area contributed by atoms with Gasteiger partial charge >= 0.3 is 0 Å². The highest BCUT2D eigenvalue weighted by atomic mass is 16.5. The Labute approximate surface area is 191 Å². The largest absolute Gasteiger partial charge is 0.494 e. The lowest BCUT2D eigenvalue weighted by Gasteiger charge is -2.32. The van der Waals surface area contributed by atoms with E-state index < -0.39 is 0 Å². The monoisotopic (exact) mass is 422 g/mol. The van der Waals surface area contributed by atoms with Crippen LogP contribution in [0.5, 0.6) is 5.75 Å². The van der Waals surface area contributed by atoms with Crippen LogP contribution < -0.4 is 4.74 Å². The van der Waals surface area contributed by atoms with Gasteiger partial charge in [-0.05, 0) is 67.0 Å². The highest BCUT2D eigenvalue weighted by molar-refractivity contribution is 5.81. The van der Waals surface area contributed by atoms with E-state index in [0.29, 0.717) is 6.61 Å². The van der Waals surface area contributed by atoms with Crippen LogP contribution in [-0.4, -0.2) is 13.2 Å². The second kappa shape index (κ2) is 12.4. The van der Waals surface area contributed by atoms with Crippen LogP contribution >= 0.6 is 0 Å². The van der Waals surface area contributed by atoms with Gasteiger partial charge in [0.2, 0.25) is 0 Å². The summed E-state index contributed by atoms with van der Waals surface area (Å²) in [6, 6.07) is 13.0. The van der Waals surface area contributed by atoms with Gasteiger partial charge in [0.1, 0.15) is 11.5 Å². The minimum Gasteiger partial charge on any atom is -0.494 e. The first-order valence-corrected chi connectivity index (χ1v) is 11.7. The highest BCUT2D eigenvalue weighted by Crippen LogP contribution is 2.39. The molecule has 1 aliphatic rings. The summed E-state index contributed by atoms with van der Waals surface area (Å²) in [6.07, 6.45) is 3.29. The van der Waals surface area contributed by atoms with Crippen LogP contribution in [0.1, 0.15) is 89.6 Å². The molecule has 3 rings (SSSR count). The maximum atomic E-state index is 5.84. The molecule has 0 radical (unpaired) electrons. The van der Waals surface area contributed by atoms with E-state index in [0.717, 1.165) is 30.1 Å². The quantitative estimate of drug-likeness (QED) is 0.354. The fourth-order valence-electron chi connectivity index (χ4n) is 3.66. The second-order valence-corrected chi connectivity index (χ2v) is 7.95. The molecule has 2 aromatic rings. The number of fused-ring (bicyclic) bond motifs is 1. The molecular formula is C29H42O2. The van der Waals surface area contributed by atoms with Crippen molar-refractivity contribution in [3.63, 3.8) is 0 Å². The molecular weight excluding hydrogens is 380 g/mol. The molecule has 0 bridgehead atoms. The Bertz CT molecular complexity index is 888. The predicted molar refractivity (Wildman–Crippen MR) is 138 cm³/mol. The van der Waals surface area contributed by atoms with E-state index in [-0.39, 0.29) is 5.41 Å². The lowest BCUT2D eigenvalue weighted by atomic mass is 9.79. The highest BCUT2D eigenvalue weighted by Gasteiger charge is 2.28. The average molecular weight is 423 g/mol. The summed E-state index contributed by atoms with van der Waals surface area (Å²) in [5.41, 5.74) is 7.38. The molecule has 0 saturated carbocycles. The minimum atomic E-state index is 0.155. The molecule has 0 spiro atoms. The minimum absolute atomic E-state index is 0.155. The molecule has 1 aliphatic heterocycles. The van der Waals surface area contributed by atoms with Crippen molar-refractivity contribution in [3.8, 4) is 5.75 Å². The fourth-order valence-corrected chi connectivity index (χ4v) is 3.66. The number of hydrogen-bond donors (Lipinski definition) is 0. The van der Waals surface area contributed by atoms with Crippen LogP contribution in [-0.2, 0) is 10.2 Å². The van der Waals surface area contributed by atoms with Gasteiger partial charge < -0.3 is 9.47 Å². The number of hydrogen-bond acceptors (Lipinski definition) is 2. The van der Waals surface area contributed by atoms with Crippen molar-refractivity contribution in [3.05, 3.63) is 70.8 Å². The lowest BCUT2D eigenvalue weighted by Crippen LogP contribution is -2.26. The summed E-state index contributed by atoms with van der Waals surface area (Å²) >= 11 is 0. The van der Waals surface area contributed by atoms with Gasteiger partial charge in [0.05, 0.1) is 13.2 Å². The van der Waals surface area contributed by atoms with Gasteiger partial charge in [0.25, 0.3) is 0 Å². The van der Waals surface area contributed by atoms with Crippen molar-refractivity contribution in [1.29, 1.82) is 0 Å². The first kappa shape index (κ1) is 26.6. The smallest absolute Gasteiger partial charge is 0.123 e. The van der Waals surface area contributed by atoms with Crippen LogP contribution in [0.3, 0.4) is 0 Å². The van der Waals surface area contributed by atoms with Gasteiger partial charge in [-0.2, -0.15) is 0 Å². The third kappa shape index (κ3) is 6.75. The van der Waals surface area contributed by atoms with E-state index in [2.05, 4.69) is 76.7 Å². The summed E-state index contributed by atoms with van der Waals surface area (Å²) in [6.45, 7) is 24.3. The van der Waals surface area contributed by atoms with E-state index in [4.69, 9.17) is 9.47 Å². The van der Waals surface area contributed by atoms with E-state index in [1.165, 1.54) is 27.8 Å². The molecule has 170 valence electrons. The van der Waals surface area contributed by atoms with E-state index in [1.807, 2.05) is 34.6 Å². The fraction of sp³-hybridized carbons (Fsp3) is 0.448. The molecule has 0 aromatic heterocycles. The van der Waals surface area contributed by atoms with Gasteiger partial charge in [-0.3, -0.25) is 0 Å². The third-order valence-electron chi connectivity index (χ3n) is 5.40. The summed E-state index contributed by atoms with van der Waals surface area (Å²) in [5.74, 6) is 1.76. The summed E-state index contributed by atoms with van der Waals surface area (Å²) in [4.78, 5) is 0. The predicted octanol–water partition coefficient (Wildman–Crippen LogP) is 8.68. The molecule has 2 nitrogen and oxygen atoms in total. The Morgan fingerprint density at radius 2 is 1.77 bits per heavy atom. The molecule has 31 heavy (non-hydrogen) atoms. The third-order valence-corrected chi connectivity index (χ3v) is 5.40. The van der Waals surface area contributed by atoms with Crippen molar-refractivity contribution in [2.45, 2.75) is 74.1 Å². The zero-order valence-electron chi connectivity index (χ0n) is 21.2. The molecule has 0 amide bonds. The zero-order chi connectivity index (χ0) is 23.6. The topological polar surface area (TPSA) is 18.5 Å². The average Bonchev–Trinajstić information content (AvgIpc) is 2.76. The van der Waals surface area contributed by atoms with Gasteiger partial charge in [0.15, 0.2) is 0 Å². The molecule has 0 saturated heterocycles. The van der Waals surface area contributed by atoms with Crippen molar-refractivity contribution in [1.82, 2.24) is 0 Å². The summed E-state index contributed by atoms with van der Waals surface area (Å²) < 4.78 is 11.4. The van der Waals surface area contributed by atoms with E-state index in [9.17, 15) is 0 Å². The van der Waals surface area contributed by atoms with Crippen molar-refractivity contribution in [2.24, 2.45) is 0 Å². The Morgan fingerprint density at radius 3 is 2.39 bits per heavy atom. The Balaban J connectivity index is 0.00000113. The number of rotatable bonds is 5. The number of allylic oxidation sites excluding steroid dienone is 1. The lowest BCUT2D eigenvalue weighted by molar-refractivity contribution is 0.234. The van der Waals surface area contributed by atoms with Gasteiger partial charge in [-0.1, -0.05) is 78.5 Å². The van der Waals surface area contributed by atoms with Gasteiger partial charge in [0, 0.05) is 11.1 Å². The molecule has 2 heteroatoms. The molecule has 0 N–H and O–H groups in total. The van der Waals surface area contributed by atoms with Gasteiger partial charge in [-0.15, -0.1) is 0 Å². The number of ether oxygens (including phenoxy) is 2. The van der Waals surface area contributed by atoms with Crippen LogP contribution in [0.15, 0.2) is 43.0 Å². The number of aryl methyl sites for hydroxylation is 1. The van der Waals surface area contributed by atoms with E-state index >= 15 is 0 Å². The van der Waals surface area contributed by atoms with Crippen molar-refractivity contribution >= 4 is 17.4 Å². The van der Waals surface area contributed by atoms with Crippen molar-refractivity contribution in [2.75, 3.05) is 13.2 Å². The van der Waals surface area contributed by atoms with E-state index in [1.54, 1.807) is 0 Å². The maximum Gasteiger partial charge on any atom is 0.123 e. The number of benzene rings is 2. The molecule has 0 atom stereocenters. The Morgan fingerprint density at radius 1 is 1.10 bits per heavy atom. The normalized spacial score (nSPS) is 14.0. The van der Waals surface area contributed by atoms with Crippen LogP contribution in [0, 0.1) is 6.92 Å². The first-order valence-electron chi connectivity index (χ1n) is 11.7. The molecule has 1 heterocycles. The second-order valence-electron chi connectivity index (χ2n) is 7.95. The summed E-state index contributed by atoms with van der Waals surface area (Å²) in [7, 11) is 0. The van der Waals surface area contributed by atoms with Crippen LogP contribution in [0.2, 0.25) is 0 Å².